The summed E-state index contributed by atoms with van der Waals surface area (Å²) < 4.78 is 38.9. The van der Waals surface area contributed by atoms with E-state index in [2.05, 4.69) is 16.1 Å². The molecule has 1 N–H and O–H groups in total. The van der Waals surface area contributed by atoms with Gasteiger partial charge in [-0.3, -0.25) is 4.79 Å². The van der Waals surface area contributed by atoms with Gasteiger partial charge in [0, 0.05) is 12.6 Å². The Morgan fingerprint density at radius 2 is 2.07 bits per heavy atom. The highest BCUT2D eigenvalue weighted by molar-refractivity contribution is 5.89. The fourth-order valence-electron chi connectivity index (χ4n) is 2.88. The Balaban J connectivity index is 1.74. The van der Waals surface area contributed by atoms with E-state index < -0.39 is 12.6 Å². The van der Waals surface area contributed by atoms with E-state index in [1.165, 1.54) is 49.8 Å². The summed E-state index contributed by atoms with van der Waals surface area (Å²) in [4.78, 5) is 23.5. The molecular formula is C21H25F2NO5. The third-order valence-electron chi connectivity index (χ3n) is 4.31. The van der Waals surface area contributed by atoms with Crippen molar-refractivity contribution in [3.8, 4) is 11.5 Å². The molecular weight excluding hydrogens is 384 g/mol. The molecule has 0 bridgehead atoms. The summed E-state index contributed by atoms with van der Waals surface area (Å²) >= 11 is 0. The number of esters is 1. The lowest BCUT2D eigenvalue weighted by molar-refractivity contribution is -0.143. The van der Waals surface area contributed by atoms with E-state index in [-0.39, 0.29) is 24.0 Å². The van der Waals surface area contributed by atoms with E-state index >= 15 is 0 Å². The number of carbonyl (C=O) groups excluding carboxylic acids is 2. The van der Waals surface area contributed by atoms with Crippen LogP contribution in [0.4, 0.5) is 8.78 Å². The monoisotopic (exact) mass is 409 g/mol. The van der Waals surface area contributed by atoms with Crippen LogP contribution in [-0.2, 0) is 14.3 Å². The molecule has 158 valence electrons. The first-order valence-electron chi connectivity index (χ1n) is 9.40. The SMILES string of the molecule is COc1cc(C=CC(=O)OCC(=O)NCCC2=CCCCC2)ccc1OC(F)F. The quantitative estimate of drug-likeness (QED) is 0.361. The highest BCUT2D eigenvalue weighted by Gasteiger charge is 2.11. The second kappa shape index (κ2) is 11.8. The minimum absolute atomic E-state index is 0.105. The van der Waals surface area contributed by atoms with Crippen LogP contribution < -0.4 is 14.8 Å². The summed E-state index contributed by atoms with van der Waals surface area (Å²) in [5.74, 6) is -1.06. The van der Waals surface area contributed by atoms with E-state index in [0.29, 0.717) is 12.1 Å². The third kappa shape index (κ3) is 8.33. The van der Waals surface area contributed by atoms with E-state index in [1.807, 2.05) is 0 Å². The van der Waals surface area contributed by atoms with Gasteiger partial charge in [-0.15, -0.1) is 0 Å². The molecule has 0 aromatic heterocycles. The Hall–Kier alpha value is -2.90. The van der Waals surface area contributed by atoms with Gasteiger partial charge < -0.3 is 19.5 Å². The van der Waals surface area contributed by atoms with Crippen molar-refractivity contribution in [2.45, 2.75) is 38.7 Å². The van der Waals surface area contributed by atoms with Crippen LogP contribution in [0.25, 0.3) is 6.08 Å². The highest BCUT2D eigenvalue weighted by atomic mass is 19.3. The lowest BCUT2D eigenvalue weighted by atomic mass is 9.97. The van der Waals surface area contributed by atoms with E-state index in [0.717, 1.165) is 25.3 Å². The topological polar surface area (TPSA) is 73.9 Å². The summed E-state index contributed by atoms with van der Waals surface area (Å²) in [6.45, 7) is -2.82. The number of allylic oxidation sites excluding steroid dienone is 1. The summed E-state index contributed by atoms with van der Waals surface area (Å²) in [5.41, 5.74) is 1.88. The van der Waals surface area contributed by atoms with Crippen LogP contribution >= 0.6 is 0 Å². The maximum absolute atomic E-state index is 12.3. The van der Waals surface area contributed by atoms with Crippen molar-refractivity contribution in [3.63, 3.8) is 0 Å². The first-order chi connectivity index (χ1) is 14.0. The molecule has 29 heavy (non-hydrogen) atoms. The van der Waals surface area contributed by atoms with Crippen molar-refractivity contribution in [2.75, 3.05) is 20.3 Å². The van der Waals surface area contributed by atoms with Crippen LogP contribution in [0.2, 0.25) is 0 Å². The van der Waals surface area contributed by atoms with Gasteiger partial charge in [0.05, 0.1) is 7.11 Å². The molecule has 0 spiro atoms. The molecule has 1 amide bonds. The number of ether oxygens (including phenoxy) is 3. The molecule has 6 nitrogen and oxygen atoms in total. The zero-order valence-electron chi connectivity index (χ0n) is 16.3. The molecule has 0 unspecified atom stereocenters. The summed E-state index contributed by atoms with van der Waals surface area (Å²) in [6.07, 6.45) is 10.2. The van der Waals surface area contributed by atoms with Crippen LogP contribution in [-0.4, -0.2) is 38.7 Å². The number of rotatable bonds is 10. The molecule has 1 aromatic carbocycles. The Bertz CT molecular complexity index is 761. The minimum atomic E-state index is -2.97. The number of methoxy groups -OCH3 is 1. The van der Waals surface area contributed by atoms with E-state index in [9.17, 15) is 18.4 Å². The Morgan fingerprint density at radius 3 is 2.76 bits per heavy atom. The smallest absolute Gasteiger partial charge is 0.387 e. The first-order valence-corrected chi connectivity index (χ1v) is 9.40. The Labute approximate surface area is 168 Å². The number of hydrogen-bond acceptors (Lipinski definition) is 5. The zero-order valence-corrected chi connectivity index (χ0v) is 16.3. The Kier molecular flexibility index (Phi) is 9.14. The van der Waals surface area contributed by atoms with E-state index in [4.69, 9.17) is 9.47 Å². The van der Waals surface area contributed by atoms with Crippen LogP contribution in [0.15, 0.2) is 35.9 Å². The van der Waals surface area contributed by atoms with Crippen LogP contribution in [0.3, 0.4) is 0 Å². The Morgan fingerprint density at radius 1 is 1.24 bits per heavy atom. The standard InChI is InChI=1S/C21H25F2NO5/c1-27-18-13-16(7-9-17(18)29-21(22)23)8-10-20(26)28-14-19(25)24-12-11-15-5-3-2-4-6-15/h5,7-10,13,21H,2-4,6,11-12,14H2,1H3,(H,24,25). The van der Waals surface area contributed by atoms with Crippen molar-refractivity contribution < 1.29 is 32.6 Å². The van der Waals surface area contributed by atoms with Crippen molar-refractivity contribution in [1.82, 2.24) is 5.32 Å². The third-order valence-corrected chi connectivity index (χ3v) is 4.31. The van der Waals surface area contributed by atoms with Gasteiger partial charge in [0.1, 0.15) is 0 Å². The maximum atomic E-state index is 12.3. The molecule has 1 aliphatic rings. The predicted octanol–water partition coefficient (Wildman–Crippen LogP) is 3.86. The van der Waals surface area contributed by atoms with Crippen molar-refractivity contribution in [1.29, 1.82) is 0 Å². The second-order valence-corrected chi connectivity index (χ2v) is 6.44. The highest BCUT2D eigenvalue weighted by Crippen LogP contribution is 2.29. The van der Waals surface area contributed by atoms with Gasteiger partial charge in [-0.2, -0.15) is 8.78 Å². The molecule has 0 atom stereocenters. The number of amides is 1. The molecule has 1 aromatic rings. The summed E-state index contributed by atoms with van der Waals surface area (Å²) in [5, 5.41) is 2.72. The molecule has 0 saturated heterocycles. The van der Waals surface area contributed by atoms with E-state index in [1.54, 1.807) is 0 Å². The summed E-state index contributed by atoms with van der Waals surface area (Å²) in [7, 11) is 1.32. The van der Waals surface area contributed by atoms with Crippen LogP contribution in [0.1, 0.15) is 37.7 Å². The zero-order chi connectivity index (χ0) is 21.1. The number of nitrogens with one attached hydrogen (secondary N) is 1. The average Bonchev–Trinajstić information content (AvgIpc) is 2.72. The molecule has 0 saturated carbocycles. The van der Waals surface area contributed by atoms with Gasteiger partial charge in [0.15, 0.2) is 18.1 Å². The number of benzene rings is 1. The van der Waals surface area contributed by atoms with Crippen LogP contribution in [0.5, 0.6) is 11.5 Å². The lowest BCUT2D eigenvalue weighted by Crippen LogP contribution is -2.29. The molecule has 2 rings (SSSR count). The van der Waals surface area contributed by atoms with Gasteiger partial charge in [0.2, 0.25) is 0 Å². The van der Waals surface area contributed by atoms with Gasteiger partial charge in [0.25, 0.3) is 5.91 Å². The maximum Gasteiger partial charge on any atom is 0.387 e. The number of halogens is 2. The number of alkyl halides is 2. The molecule has 0 fully saturated rings. The fourth-order valence-corrected chi connectivity index (χ4v) is 2.88. The first kappa shape index (κ1) is 22.4. The van der Waals surface area contributed by atoms with Gasteiger partial charge >= 0.3 is 12.6 Å². The van der Waals surface area contributed by atoms with Gasteiger partial charge in [-0.25, -0.2) is 4.79 Å². The van der Waals surface area contributed by atoms with Gasteiger partial charge in [-0.05, 0) is 55.9 Å². The molecule has 0 radical (unpaired) electrons. The fraction of sp³-hybridized carbons (Fsp3) is 0.429. The largest absolute Gasteiger partial charge is 0.493 e. The molecule has 8 heteroatoms. The molecule has 0 heterocycles. The van der Waals surface area contributed by atoms with Crippen molar-refractivity contribution in [2.24, 2.45) is 0 Å². The number of carbonyl (C=O) groups is 2. The molecule has 0 aliphatic heterocycles. The number of hydrogen-bond donors (Lipinski definition) is 1. The van der Waals surface area contributed by atoms with Crippen LogP contribution in [0, 0.1) is 0 Å². The van der Waals surface area contributed by atoms with Crippen molar-refractivity contribution >= 4 is 18.0 Å². The van der Waals surface area contributed by atoms with Crippen molar-refractivity contribution in [3.05, 3.63) is 41.5 Å². The second-order valence-electron chi connectivity index (χ2n) is 6.44. The normalized spacial score (nSPS) is 13.9. The minimum Gasteiger partial charge on any atom is -0.493 e. The lowest BCUT2D eigenvalue weighted by Gasteiger charge is -2.12. The predicted molar refractivity (Wildman–Crippen MR) is 104 cm³/mol. The molecule has 1 aliphatic carbocycles. The average molecular weight is 409 g/mol. The van der Waals surface area contributed by atoms with Gasteiger partial charge in [-0.1, -0.05) is 17.7 Å². The summed E-state index contributed by atoms with van der Waals surface area (Å²) in [6, 6.07) is 4.23.